The highest BCUT2D eigenvalue weighted by Crippen LogP contribution is 2.45. The minimum atomic E-state index is -0.500. The molecule has 0 spiro atoms. The molecule has 0 aliphatic carbocycles. The highest BCUT2D eigenvalue weighted by atomic mass is 16.2. The number of carbonyl (C=O) groups is 4. The lowest BCUT2D eigenvalue weighted by atomic mass is 9.85. The van der Waals surface area contributed by atoms with Gasteiger partial charge < -0.3 is 0 Å². The minimum absolute atomic E-state index is 0.270. The van der Waals surface area contributed by atoms with Crippen LogP contribution in [0.4, 0.5) is 11.4 Å². The molecule has 0 saturated heterocycles. The normalized spacial score (nSPS) is 14.3. The fourth-order valence-electron chi connectivity index (χ4n) is 7.74. The second-order valence-electron chi connectivity index (χ2n) is 12.3. The molecule has 0 N–H and O–H groups in total. The monoisotopic (exact) mass is 618 g/mol. The summed E-state index contributed by atoms with van der Waals surface area (Å²) in [6, 6.07) is 41.3. The van der Waals surface area contributed by atoms with Crippen LogP contribution in [-0.4, -0.2) is 23.6 Å². The van der Waals surface area contributed by atoms with Gasteiger partial charge in [0.25, 0.3) is 23.6 Å². The van der Waals surface area contributed by atoms with Crippen LogP contribution in [-0.2, 0) is 0 Å². The van der Waals surface area contributed by atoms with Crippen LogP contribution < -0.4 is 9.80 Å². The summed E-state index contributed by atoms with van der Waals surface area (Å²) < 4.78 is 0. The summed E-state index contributed by atoms with van der Waals surface area (Å²) in [7, 11) is 0. The molecule has 2 aliphatic rings. The van der Waals surface area contributed by atoms with Crippen LogP contribution in [0.15, 0.2) is 133 Å². The van der Waals surface area contributed by atoms with Gasteiger partial charge in [-0.2, -0.15) is 0 Å². The van der Waals surface area contributed by atoms with E-state index in [1.165, 1.54) is 9.80 Å². The third-order valence-electron chi connectivity index (χ3n) is 9.83. The van der Waals surface area contributed by atoms with Crippen LogP contribution in [0.2, 0.25) is 0 Å². The first-order valence-electron chi connectivity index (χ1n) is 15.7. The molecule has 48 heavy (non-hydrogen) atoms. The SMILES string of the molecule is O=C1c2ccc3c4c(ccc(c24)C(=O)N1c1c2ccccc2cc2ccccc12)C(=O)N(c1c2ccccc2cc2ccccc12)C3=O. The maximum atomic E-state index is 14.5. The average molecular weight is 619 g/mol. The number of carbonyl (C=O) groups excluding carboxylic acids is 4. The molecule has 8 aromatic rings. The number of imide groups is 2. The van der Waals surface area contributed by atoms with Gasteiger partial charge in [0.2, 0.25) is 0 Å². The van der Waals surface area contributed by atoms with Crippen molar-refractivity contribution >= 4 is 88.9 Å². The van der Waals surface area contributed by atoms with Gasteiger partial charge in [-0.15, -0.1) is 0 Å². The molecule has 4 amide bonds. The molecule has 2 heterocycles. The van der Waals surface area contributed by atoms with E-state index in [2.05, 4.69) is 12.1 Å². The lowest BCUT2D eigenvalue weighted by Crippen LogP contribution is -2.43. The van der Waals surface area contributed by atoms with E-state index in [-0.39, 0.29) is 22.3 Å². The molecule has 224 valence electrons. The Morgan fingerprint density at radius 2 is 0.562 bits per heavy atom. The second kappa shape index (κ2) is 9.44. The van der Waals surface area contributed by atoms with Crippen molar-refractivity contribution in [2.45, 2.75) is 0 Å². The summed E-state index contributed by atoms with van der Waals surface area (Å²) >= 11 is 0. The van der Waals surface area contributed by atoms with E-state index in [4.69, 9.17) is 0 Å². The highest BCUT2D eigenvalue weighted by Gasteiger charge is 2.42. The maximum absolute atomic E-state index is 14.5. The van der Waals surface area contributed by atoms with Crippen LogP contribution in [0, 0.1) is 0 Å². The van der Waals surface area contributed by atoms with Crippen molar-refractivity contribution in [1.29, 1.82) is 0 Å². The quantitative estimate of drug-likeness (QED) is 0.143. The smallest absolute Gasteiger partial charge is 0.266 e. The first kappa shape index (κ1) is 26.5. The first-order valence-corrected chi connectivity index (χ1v) is 15.7. The fraction of sp³-hybridized carbons (Fsp3) is 0. The fourth-order valence-corrected chi connectivity index (χ4v) is 7.74. The van der Waals surface area contributed by atoms with Gasteiger partial charge in [-0.1, -0.05) is 97.1 Å². The molecular formula is C42H22N2O4. The lowest BCUT2D eigenvalue weighted by molar-refractivity contribution is 0.0874. The van der Waals surface area contributed by atoms with E-state index < -0.39 is 23.6 Å². The Bertz CT molecular complexity index is 2460. The van der Waals surface area contributed by atoms with E-state index in [0.717, 1.165) is 43.1 Å². The molecule has 8 aromatic carbocycles. The first-order chi connectivity index (χ1) is 23.5. The Hall–Kier alpha value is -6.66. The zero-order valence-corrected chi connectivity index (χ0v) is 25.2. The molecule has 6 nitrogen and oxygen atoms in total. The molecule has 0 atom stereocenters. The van der Waals surface area contributed by atoms with Crippen molar-refractivity contribution in [2.75, 3.05) is 9.80 Å². The van der Waals surface area contributed by atoms with Crippen LogP contribution in [0.3, 0.4) is 0 Å². The van der Waals surface area contributed by atoms with Crippen LogP contribution >= 0.6 is 0 Å². The molecule has 10 rings (SSSR count). The summed E-state index contributed by atoms with van der Waals surface area (Å²) in [6.45, 7) is 0. The number of hydrogen-bond acceptors (Lipinski definition) is 4. The minimum Gasteiger partial charge on any atom is -0.268 e. The Kier molecular flexibility index (Phi) is 5.22. The van der Waals surface area contributed by atoms with Gasteiger partial charge in [0.15, 0.2) is 0 Å². The molecule has 0 aromatic heterocycles. The van der Waals surface area contributed by atoms with Gasteiger partial charge >= 0.3 is 0 Å². The van der Waals surface area contributed by atoms with Crippen LogP contribution in [0.25, 0.3) is 53.9 Å². The molecule has 0 bridgehead atoms. The van der Waals surface area contributed by atoms with Crippen molar-refractivity contribution in [3.8, 4) is 0 Å². The largest absolute Gasteiger partial charge is 0.268 e. The van der Waals surface area contributed by atoms with Crippen molar-refractivity contribution < 1.29 is 19.2 Å². The number of benzene rings is 8. The standard InChI is InChI=1S/C42H22N2O4/c45-39-31-17-19-33-36-34(42(48)44(41(33)47)38-29-15-7-3-11-25(29)22-26-12-4-8-16-30(26)38)20-18-32(35(31)36)40(46)43(39)37-27-13-5-1-9-23(27)21-24-10-2-6-14-28(24)37/h1-22H. The van der Waals surface area contributed by atoms with Crippen molar-refractivity contribution in [2.24, 2.45) is 0 Å². The van der Waals surface area contributed by atoms with Crippen molar-refractivity contribution in [3.63, 3.8) is 0 Å². The van der Waals surface area contributed by atoms with Gasteiger partial charge in [0.05, 0.1) is 11.4 Å². The molecular weight excluding hydrogens is 596 g/mol. The Morgan fingerprint density at radius 3 is 0.833 bits per heavy atom. The Labute approximate surface area is 273 Å². The van der Waals surface area contributed by atoms with E-state index in [9.17, 15) is 19.2 Å². The van der Waals surface area contributed by atoms with Gasteiger partial charge in [0, 0.05) is 54.6 Å². The molecule has 0 saturated carbocycles. The average Bonchev–Trinajstić information content (AvgIpc) is 3.12. The summed E-state index contributed by atoms with van der Waals surface area (Å²) in [5.41, 5.74) is 2.11. The number of nitrogens with zero attached hydrogens (tertiary/aromatic N) is 2. The number of amides is 4. The van der Waals surface area contributed by atoms with E-state index in [1.807, 2.05) is 97.1 Å². The van der Waals surface area contributed by atoms with Gasteiger partial charge in [-0.25, -0.2) is 9.80 Å². The Balaban J connectivity index is 1.20. The summed E-state index contributed by atoms with van der Waals surface area (Å²) in [5.74, 6) is -2.00. The highest BCUT2D eigenvalue weighted by molar-refractivity contribution is 6.44. The number of rotatable bonds is 2. The molecule has 0 radical (unpaired) electrons. The van der Waals surface area contributed by atoms with Gasteiger partial charge in [0.1, 0.15) is 0 Å². The number of fused-ring (bicyclic) bond motifs is 4. The van der Waals surface area contributed by atoms with Crippen molar-refractivity contribution in [3.05, 3.63) is 156 Å². The summed E-state index contributed by atoms with van der Waals surface area (Å²) in [6.07, 6.45) is 0. The van der Waals surface area contributed by atoms with Crippen LogP contribution in [0.1, 0.15) is 41.4 Å². The van der Waals surface area contributed by atoms with E-state index in [0.29, 0.717) is 22.1 Å². The number of hydrogen-bond donors (Lipinski definition) is 0. The second-order valence-corrected chi connectivity index (χ2v) is 12.3. The molecule has 6 heteroatoms. The lowest BCUT2D eigenvalue weighted by Gasteiger charge is -2.33. The zero-order chi connectivity index (χ0) is 32.3. The van der Waals surface area contributed by atoms with E-state index >= 15 is 0 Å². The topological polar surface area (TPSA) is 74.8 Å². The van der Waals surface area contributed by atoms with E-state index in [1.54, 1.807) is 24.3 Å². The van der Waals surface area contributed by atoms with Gasteiger partial charge in [-0.3, -0.25) is 19.2 Å². The zero-order valence-electron chi connectivity index (χ0n) is 25.2. The number of anilines is 2. The molecule has 0 unspecified atom stereocenters. The predicted octanol–water partition coefficient (Wildman–Crippen LogP) is 9.05. The summed E-state index contributed by atoms with van der Waals surface area (Å²) in [4.78, 5) is 60.5. The maximum Gasteiger partial charge on any atom is 0.266 e. The van der Waals surface area contributed by atoms with Crippen LogP contribution in [0.5, 0.6) is 0 Å². The third-order valence-corrected chi connectivity index (χ3v) is 9.83. The van der Waals surface area contributed by atoms with Gasteiger partial charge in [-0.05, 0) is 57.9 Å². The third kappa shape index (κ3) is 3.35. The molecule has 2 aliphatic heterocycles. The predicted molar refractivity (Wildman–Crippen MR) is 189 cm³/mol. The summed E-state index contributed by atoms with van der Waals surface area (Å²) in [5, 5.41) is 7.38. The van der Waals surface area contributed by atoms with Crippen molar-refractivity contribution in [1.82, 2.24) is 0 Å². The molecule has 0 fully saturated rings. The Morgan fingerprint density at radius 1 is 0.312 bits per heavy atom.